The summed E-state index contributed by atoms with van der Waals surface area (Å²) in [5.41, 5.74) is 0.942. The van der Waals surface area contributed by atoms with Crippen LogP contribution in [0.3, 0.4) is 0 Å². The van der Waals surface area contributed by atoms with E-state index in [-0.39, 0.29) is 6.61 Å². The zero-order valence-electron chi connectivity index (χ0n) is 12.7. The molecular weight excluding hydrogens is 321 g/mol. The summed E-state index contributed by atoms with van der Waals surface area (Å²) in [6, 6.07) is 0. The van der Waals surface area contributed by atoms with E-state index in [1.807, 2.05) is 0 Å². The number of hydrogen-bond donors (Lipinski definition) is 1. The van der Waals surface area contributed by atoms with Gasteiger partial charge in [0.15, 0.2) is 0 Å². The van der Waals surface area contributed by atoms with Gasteiger partial charge in [-0.05, 0) is 37.8 Å². The molecule has 1 aromatic rings. The second-order valence-corrected chi connectivity index (χ2v) is 7.30. The molecule has 0 unspecified atom stereocenters. The second-order valence-electron chi connectivity index (χ2n) is 6.49. The Morgan fingerprint density at radius 2 is 1.68 bits per heavy atom. The predicted molar refractivity (Wildman–Crippen MR) is 89.3 cm³/mol. The first-order chi connectivity index (χ1) is 10.7. The number of aliphatic hydroxyl groups is 1. The van der Waals surface area contributed by atoms with Crippen LogP contribution in [0, 0.1) is 11.8 Å². The number of pyridine rings is 1. The highest BCUT2D eigenvalue weighted by atomic mass is 35.5. The van der Waals surface area contributed by atoms with Crippen molar-refractivity contribution in [2.75, 3.05) is 39.3 Å². The molecule has 1 N–H and O–H groups in total. The van der Waals surface area contributed by atoms with Crippen molar-refractivity contribution in [1.82, 2.24) is 14.8 Å². The maximum absolute atomic E-state index is 9.70. The van der Waals surface area contributed by atoms with Gasteiger partial charge in [-0.1, -0.05) is 23.2 Å². The Labute approximate surface area is 142 Å². The molecule has 0 amide bonds. The Morgan fingerprint density at radius 1 is 1.05 bits per heavy atom. The van der Waals surface area contributed by atoms with Crippen LogP contribution in [0.4, 0.5) is 0 Å². The normalized spacial score (nSPS) is 26.9. The average Bonchev–Trinajstić information content (AvgIpc) is 3.13. The fourth-order valence-electron chi connectivity index (χ4n) is 3.69. The summed E-state index contributed by atoms with van der Waals surface area (Å²) >= 11 is 12.4. The molecule has 1 aromatic heterocycles. The molecule has 0 aromatic carbocycles. The fraction of sp³-hybridized carbons (Fsp3) is 0.688. The first-order valence-corrected chi connectivity index (χ1v) is 8.76. The van der Waals surface area contributed by atoms with Crippen LogP contribution in [0.5, 0.6) is 0 Å². The zero-order valence-corrected chi connectivity index (χ0v) is 14.2. The minimum Gasteiger partial charge on any atom is -0.396 e. The van der Waals surface area contributed by atoms with Gasteiger partial charge in [0.1, 0.15) is 0 Å². The van der Waals surface area contributed by atoms with Gasteiger partial charge in [-0.3, -0.25) is 9.88 Å². The molecule has 4 nitrogen and oxygen atoms in total. The van der Waals surface area contributed by atoms with Crippen LogP contribution in [-0.4, -0.2) is 59.2 Å². The van der Waals surface area contributed by atoms with Crippen LogP contribution < -0.4 is 0 Å². The van der Waals surface area contributed by atoms with E-state index in [1.54, 1.807) is 12.4 Å². The van der Waals surface area contributed by atoms with E-state index in [0.29, 0.717) is 21.9 Å². The van der Waals surface area contributed by atoms with Gasteiger partial charge in [-0.2, -0.15) is 0 Å². The summed E-state index contributed by atoms with van der Waals surface area (Å²) in [6.45, 7) is 6.40. The highest BCUT2D eigenvalue weighted by Crippen LogP contribution is 2.30. The van der Waals surface area contributed by atoms with Crippen LogP contribution in [0.25, 0.3) is 0 Å². The van der Waals surface area contributed by atoms with Crippen molar-refractivity contribution in [3.8, 4) is 0 Å². The molecule has 0 bridgehead atoms. The van der Waals surface area contributed by atoms with E-state index in [9.17, 15) is 5.11 Å². The summed E-state index contributed by atoms with van der Waals surface area (Å²) in [5.74, 6) is 0.877. The van der Waals surface area contributed by atoms with Gasteiger partial charge in [0.05, 0.1) is 10.0 Å². The van der Waals surface area contributed by atoms with Crippen molar-refractivity contribution in [3.05, 3.63) is 28.0 Å². The highest BCUT2D eigenvalue weighted by molar-refractivity contribution is 6.35. The minimum absolute atomic E-state index is 0.257. The summed E-state index contributed by atoms with van der Waals surface area (Å²) in [4.78, 5) is 8.89. The van der Waals surface area contributed by atoms with Gasteiger partial charge in [0, 0.05) is 50.7 Å². The molecule has 2 aliphatic rings. The molecule has 0 radical (unpaired) electrons. The van der Waals surface area contributed by atoms with Gasteiger partial charge >= 0.3 is 0 Å². The highest BCUT2D eigenvalue weighted by Gasteiger charge is 2.34. The molecule has 2 saturated heterocycles. The van der Waals surface area contributed by atoms with Crippen molar-refractivity contribution in [2.24, 2.45) is 11.8 Å². The molecule has 22 heavy (non-hydrogen) atoms. The SMILES string of the molecule is OC[C@H]1CN(Cc2c(Cl)cncc2Cl)C[C@H]1CN1CCCC1. The molecule has 2 atom stereocenters. The van der Waals surface area contributed by atoms with Crippen LogP contribution in [0.1, 0.15) is 18.4 Å². The van der Waals surface area contributed by atoms with E-state index in [0.717, 1.165) is 31.7 Å². The second kappa shape index (κ2) is 7.45. The monoisotopic (exact) mass is 343 g/mol. The van der Waals surface area contributed by atoms with Crippen LogP contribution in [-0.2, 0) is 6.54 Å². The predicted octanol–water partition coefficient (Wildman–Crippen LogP) is 2.52. The largest absolute Gasteiger partial charge is 0.396 e. The number of aliphatic hydroxyl groups excluding tert-OH is 1. The Hall–Kier alpha value is -0.390. The Kier molecular flexibility index (Phi) is 5.58. The number of rotatable bonds is 5. The lowest BCUT2D eigenvalue weighted by Gasteiger charge is -2.23. The number of nitrogens with zero attached hydrogens (tertiary/aromatic N) is 3. The van der Waals surface area contributed by atoms with Crippen molar-refractivity contribution in [2.45, 2.75) is 19.4 Å². The summed E-state index contributed by atoms with van der Waals surface area (Å²) in [6.07, 6.45) is 5.90. The first-order valence-electron chi connectivity index (χ1n) is 8.01. The average molecular weight is 344 g/mol. The molecule has 3 heterocycles. The molecular formula is C16H23Cl2N3O. The molecule has 0 spiro atoms. The van der Waals surface area contributed by atoms with Crippen LogP contribution >= 0.6 is 23.2 Å². The molecule has 122 valence electrons. The van der Waals surface area contributed by atoms with Crippen molar-refractivity contribution in [1.29, 1.82) is 0 Å². The lowest BCUT2D eigenvalue weighted by Crippen LogP contribution is -2.31. The quantitative estimate of drug-likeness (QED) is 0.891. The van der Waals surface area contributed by atoms with E-state index in [4.69, 9.17) is 23.2 Å². The standard InChI is InChI=1S/C16H23Cl2N3O/c17-15-5-19-6-16(18)14(15)10-21-8-12(13(9-21)11-22)7-20-3-1-2-4-20/h5-6,12-13,22H,1-4,7-11H2/t12-,13-/m1/s1. The third kappa shape index (κ3) is 3.74. The zero-order chi connectivity index (χ0) is 15.5. The molecule has 2 fully saturated rings. The smallest absolute Gasteiger partial charge is 0.0649 e. The van der Waals surface area contributed by atoms with E-state index in [1.165, 1.54) is 25.9 Å². The fourth-order valence-corrected chi connectivity index (χ4v) is 4.17. The van der Waals surface area contributed by atoms with Gasteiger partial charge in [-0.25, -0.2) is 0 Å². The minimum atomic E-state index is 0.257. The number of likely N-dealkylation sites (tertiary alicyclic amines) is 2. The summed E-state index contributed by atoms with van der Waals surface area (Å²) in [5, 5.41) is 10.9. The third-order valence-corrected chi connectivity index (χ3v) is 5.56. The maximum Gasteiger partial charge on any atom is 0.0649 e. The summed E-state index contributed by atoms with van der Waals surface area (Å²) < 4.78 is 0. The number of halogens is 2. The van der Waals surface area contributed by atoms with Gasteiger partial charge < -0.3 is 10.0 Å². The lowest BCUT2D eigenvalue weighted by molar-refractivity contribution is 0.175. The van der Waals surface area contributed by atoms with Gasteiger partial charge in [0.2, 0.25) is 0 Å². The lowest BCUT2D eigenvalue weighted by atomic mass is 9.96. The Balaban J connectivity index is 1.63. The van der Waals surface area contributed by atoms with Gasteiger partial charge in [-0.15, -0.1) is 0 Å². The molecule has 0 saturated carbocycles. The molecule has 3 rings (SSSR count). The van der Waals surface area contributed by atoms with Crippen molar-refractivity contribution >= 4 is 23.2 Å². The number of aromatic nitrogens is 1. The Morgan fingerprint density at radius 3 is 2.32 bits per heavy atom. The van der Waals surface area contributed by atoms with Crippen molar-refractivity contribution in [3.63, 3.8) is 0 Å². The molecule has 6 heteroatoms. The maximum atomic E-state index is 9.70. The van der Waals surface area contributed by atoms with E-state index in [2.05, 4.69) is 14.8 Å². The summed E-state index contributed by atoms with van der Waals surface area (Å²) in [7, 11) is 0. The first kappa shape index (κ1) is 16.5. The molecule has 0 aliphatic carbocycles. The number of hydrogen-bond acceptors (Lipinski definition) is 4. The van der Waals surface area contributed by atoms with Crippen molar-refractivity contribution < 1.29 is 5.11 Å². The Bertz CT molecular complexity index is 488. The molecule has 2 aliphatic heterocycles. The van der Waals surface area contributed by atoms with Crippen LogP contribution in [0.15, 0.2) is 12.4 Å². The van der Waals surface area contributed by atoms with Gasteiger partial charge in [0.25, 0.3) is 0 Å². The van der Waals surface area contributed by atoms with E-state index < -0.39 is 0 Å². The van der Waals surface area contributed by atoms with E-state index >= 15 is 0 Å². The third-order valence-electron chi connectivity index (χ3n) is 4.91. The van der Waals surface area contributed by atoms with Crippen LogP contribution in [0.2, 0.25) is 10.0 Å². The topological polar surface area (TPSA) is 39.6 Å².